The highest BCUT2D eigenvalue weighted by atomic mass is 16.7. The van der Waals surface area contributed by atoms with Crippen LogP contribution in [-0.2, 0) is 6.42 Å². The topological polar surface area (TPSA) is 44.2 Å². The monoisotopic (exact) mass is 334 g/mol. The number of rotatable bonds is 4. The first-order valence-electron chi connectivity index (χ1n) is 8.76. The Labute approximate surface area is 147 Å². The third kappa shape index (κ3) is 3.04. The highest BCUT2D eigenvalue weighted by Crippen LogP contribution is 2.39. The molecule has 0 bridgehead atoms. The van der Waals surface area contributed by atoms with E-state index in [0.717, 1.165) is 40.2 Å². The zero-order valence-corrected chi connectivity index (χ0v) is 14.8. The summed E-state index contributed by atoms with van der Waals surface area (Å²) in [5, 5.41) is 0. The van der Waals surface area contributed by atoms with Crippen molar-refractivity contribution in [2.75, 3.05) is 6.79 Å². The maximum Gasteiger partial charge on any atom is 0.231 e. The molecule has 0 spiro atoms. The molecule has 1 atom stereocenters. The summed E-state index contributed by atoms with van der Waals surface area (Å²) in [7, 11) is 0. The minimum atomic E-state index is 0.275. The van der Waals surface area contributed by atoms with Crippen LogP contribution in [0.15, 0.2) is 42.6 Å². The average Bonchev–Trinajstić information content (AvgIpc) is 3.09. The molecular formula is C21H22N2O2. The molecule has 0 N–H and O–H groups in total. The Morgan fingerprint density at radius 1 is 1.04 bits per heavy atom. The molecule has 1 aliphatic rings. The van der Waals surface area contributed by atoms with Gasteiger partial charge in [-0.2, -0.15) is 0 Å². The Hall–Kier alpha value is -2.62. The lowest BCUT2D eigenvalue weighted by molar-refractivity contribution is 0.173. The Bertz CT molecular complexity index is 921. The van der Waals surface area contributed by atoms with Crippen LogP contribution in [0, 0.1) is 0 Å². The molecule has 0 saturated carbocycles. The van der Waals surface area contributed by atoms with Crippen molar-refractivity contribution in [3.05, 3.63) is 59.4 Å². The minimum Gasteiger partial charge on any atom is -0.454 e. The second-order valence-corrected chi connectivity index (χ2v) is 6.95. The van der Waals surface area contributed by atoms with Gasteiger partial charge in [0.1, 0.15) is 0 Å². The number of nitrogens with zero attached hydrogens (tertiary/aromatic N) is 2. The van der Waals surface area contributed by atoms with Gasteiger partial charge in [0.25, 0.3) is 0 Å². The van der Waals surface area contributed by atoms with E-state index in [1.54, 1.807) is 0 Å². The summed E-state index contributed by atoms with van der Waals surface area (Å²) in [6.45, 7) is 6.87. The van der Waals surface area contributed by atoms with Crippen molar-refractivity contribution in [2.24, 2.45) is 0 Å². The quantitative estimate of drug-likeness (QED) is 0.685. The molecule has 3 aromatic rings. The van der Waals surface area contributed by atoms with Gasteiger partial charge >= 0.3 is 0 Å². The summed E-state index contributed by atoms with van der Waals surface area (Å²) in [6, 6.07) is 12.4. The van der Waals surface area contributed by atoms with Gasteiger partial charge in [-0.1, -0.05) is 39.0 Å². The van der Waals surface area contributed by atoms with Crippen LogP contribution < -0.4 is 9.47 Å². The largest absolute Gasteiger partial charge is 0.454 e. The Balaban J connectivity index is 1.63. The van der Waals surface area contributed by atoms with Crippen molar-refractivity contribution in [2.45, 2.75) is 39.0 Å². The van der Waals surface area contributed by atoms with E-state index in [0.29, 0.717) is 12.7 Å². The number of para-hydroxylation sites is 1. The molecule has 2 heterocycles. The average molecular weight is 334 g/mol. The van der Waals surface area contributed by atoms with Gasteiger partial charge < -0.3 is 9.47 Å². The van der Waals surface area contributed by atoms with Crippen LogP contribution in [0.2, 0.25) is 0 Å². The van der Waals surface area contributed by atoms with Crippen molar-refractivity contribution < 1.29 is 9.47 Å². The van der Waals surface area contributed by atoms with Gasteiger partial charge in [-0.15, -0.1) is 0 Å². The molecule has 4 rings (SSSR count). The highest BCUT2D eigenvalue weighted by Gasteiger charge is 2.21. The van der Waals surface area contributed by atoms with E-state index in [1.807, 2.05) is 18.3 Å². The standard InChI is InChI=1S/C21H22N2O2/c1-13(2)15-7-8-18-19(10-15)23-16(11-22-18)9-14(3)17-5-4-6-20-21(17)25-12-24-20/h4-8,10-11,13-14H,9,12H2,1-3H3. The molecule has 0 saturated heterocycles. The number of hydrogen-bond acceptors (Lipinski definition) is 4. The van der Waals surface area contributed by atoms with Crippen molar-refractivity contribution in [3.8, 4) is 11.5 Å². The summed E-state index contributed by atoms with van der Waals surface area (Å²) < 4.78 is 11.1. The van der Waals surface area contributed by atoms with E-state index in [2.05, 4.69) is 50.0 Å². The predicted octanol–water partition coefficient (Wildman–Crippen LogP) is 4.83. The Kier molecular flexibility index (Phi) is 4.04. The van der Waals surface area contributed by atoms with Gasteiger partial charge in [0.2, 0.25) is 6.79 Å². The zero-order chi connectivity index (χ0) is 17.4. The third-order valence-corrected chi connectivity index (χ3v) is 4.76. The van der Waals surface area contributed by atoms with Crippen molar-refractivity contribution in [1.29, 1.82) is 0 Å². The number of benzene rings is 2. The van der Waals surface area contributed by atoms with Crippen LogP contribution in [0.3, 0.4) is 0 Å². The molecule has 2 aromatic carbocycles. The molecule has 128 valence electrons. The molecule has 4 heteroatoms. The Morgan fingerprint density at radius 2 is 1.92 bits per heavy atom. The van der Waals surface area contributed by atoms with Crippen LogP contribution in [-0.4, -0.2) is 16.8 Å². The SMILES string of the molecule is CC(C)c1ccc2ncc(CC(C)c3cccc4c3OCO4)nc2c1. The van der Waals surface area contributed by atoms with E-state index < -0.39 is 0 Å². The summed E-state index contributed by atoms with van der Waals surface area (Å²) in [5.74, 6) is 2.45. The van der Waals surface area contributed by atoms with E-state index in [1.165, 1.54) is 5.56 Å². The third-order valence-electron chi connectivity index (χ3n) is 4.76. The van der Waals surface area contributed by atoms with Crippen LogP contribution in [0.4, 0.5) is 0 Å². The molecule has 1 unspecified atom stereocenters. The Morgan fingerprint density at radius 3 is 2.76 bits per heavy atom. The van der Waals surface area contributed by atoms with E-state index in [-0.39, 0.29) is 5.92 Å². The van der Waals surface area contributed by atoms with Gasteiger partial charge in [0, 0.05) is 11.8 Å². The second kappa shape index (κ2) is 6.36. The van der Waals surface area contributed by atoms with Gasteiger partial charge in [-0.05, 0) is 42.0 Å². The molecular weight excluding hydrogens is 312 g/mol. The van der Waals surface area contributed by atoms with Crippen molar-refractivity contribution >= 4 is 11.0 Å². The lowest BCUT2D eigenvalue weighted by Crippen LogP contribution is -2.03. The summed E-state index contributed by atoms with van der Waals surface area (Å²) >= 11 is 0. The maximum atomic E-state index is 5.64. The summed E-state index contributed by atoms with van der Waals surface area (Å²) in [4.78, 5) is 9.43. The fraction of sp³-hybridized carbons (Fsp3) is 0.333. The number of hydrogen-bond donors (Lipinski definition) is 0. The van der Waals surface area contributed by atoms with Crippen LogP contribution in [0.25, 0.3) is 11.0 Å². The number of ether oxygens (including phenoxy) is 2. The molecule has 0 radical (unpaired) electrons. The number of aromatic nitrogens is 2. The molecule has 0 amide bonds. The van der Waals surface area contributed by atoms with Gasteiger partial charge in [-0.25, -0.2) is 4.98 Å². The zero-order valence-electron chi connectivity index (χ0n) is 14.8. The first-order chi connectivity index (χ1) is 12.1. The fourth-order valence-electron chi connectivity index (χ4n) is 3.29. The molecule has 1 aliphatic heterocycles. The van der Waals surface area contributed by atoms with Crippen LogP contribution in [0.5, 0.6) is 11.5 Å². The molecule has 0 fully saturated rings. The maximum absolute atomic E-state index is 5.64. The van der Waals surface area contributed by atoms with Crippen molar-refractivity contribution in [1.82, 2.24) is 9.97 Å². The van der Waals surface area contributed by atoms with Crippen LogP contribution >= 0.6 is 0 Å². The fourth-order valence-corrected chi connectivity index (χ4v) is 3.29. The smallest absolute Gasteiger partial charge is 0.231 e. The molecule has 1 aromatic heterocycles. The van der Waals surface area contributed by atoms with Gasteiger partial charge in [0.15, 0.2) is 11.5 Å². The molecule has 4 nitrogen and oxygen atoms in total. The number of fused-ring (bicyclic) bond motifs is 2. The van der Waals surface area contributed by atoms with Crippen molar-refractivity contribution in [3.63, 3.8) is 0 Å². The second-order valence-electron chi connectivity index (χ2n) is 6.95. The van der Waals surface area contributed by atoms with Gasteiger partial charge in [0.05, 0.1) is 16.7 Å². The molecule has 25 heavy (non-hydrogen) atoms. The summed E-state index contributed by atoms with van der Waals surface area (Å²) in [6.07, 6.45) is 2.70. The van der Waals surface area contributed by atoms with E-state index in [4.69, 9.17) is 14.5 Å². The first kappa shape index (κ1) is 15.9. The lowest BCUT2D eigenvalue weighted by Gasteiger charge is -2.14. The van der Waals surface area contributed by atoms with Crippen LogP contribution in [0.1, 0.15) is 49.4 Å². The first-order valence-corrected chi connectivity index (χ1v) is 8.76. The predicted molar refractivity (Wildman–Crippen MR) is 98.3 cm³/mol. The highest BCUT2D eigenvalue weighted by molar-refractivity contribution is 5.75. The van der Waals surface area contributed by atoms with E-state index in [9.17, 15) is 0 Å². The lowest BCUT2D eigenvalue weighted by atomic mass is 9.95. The minimum absolute atomic E-state index is 0.275. The van der Waals surface area contributed by atoms with E-state index >= 15 is 0 Å². The van der Waals surface area contributed by atoms with Gasteiger partial charge in [-0.3, -0.25) is 4.98 Å². The molecule has 0 aliphatic carbocycles. The normalized spacial score (nSPS) is 14.2. The summed E-state index contributed by atoms with van der Waals surface area (Å²) in [5.41, 5.74) is 5.36.